The summed E-state index contributed by atoms with van der Waals surface area (Å²) in [4.78, 5) is 8.48. The topological polar surface area (TPSA) is 37.8 Å². The maximum Gasteiger partial charge on any atom is 0.172 e. The second-order valence-electron chi connectivity index (χ2n) is 4.07. The molecule has 0 bridgehead atoms. The lowest BCUT2D eigenvalue weighted by Crippen LogP contribution is -2.02. The molecule has 0 aliphatic heterocycles. The fourth-order valence-electron chi connectivity index (χ4n) is 1.53. The van der Waals surface area contributed by atoms with Crippen LogP contribution in [0, 0.1) is 26.6 Å². The molecule has 0 saturated carbocycles. The number of hydrogen-bond acceptors (Lipinski definition) is 3. The lowest BCUT2D eigenvalue weighted by Gasteiger charge is -2.11. The lowest BCUT2D eigenvalue weighted by atomic mass is 10.2. The van der Waals surface area contributed by atoms with Gasteiger partial charge in [0.1, 0.15) is 5.82 Å². The van der Waals surface area contributed by atoms with E-state index in [0.29, 0.717) is 17.1 Å². The summed E-state index contributed by atoms with van der Waals surface area (Å²) in [5.41, 5.74) is 2.72. The summed E-state index contributed by atoms with van der Waals surface area (Å²) in [7, 11) is 0. The number of aromatic nitrogens is 2. The van der Waals surface area contributed by atoms with E-state index in [-0.39, 0.29) is 11.0 Å². The van der Waals surface area contributed by atoms with Gasteiger partial charge >= 0.3 is 0 Å². The van der Waals surface area contributed by atoms with E-state index in [1.807, 2.05) is 13.8 Å². The number of aryl methyl sites for hydroxylation is 2. The first-order valence-electron chi connectivity index (χ1n) is 5.52. The Kier molecular flexibility index (Phi) is 3.48. The maximum atomic E-state index is 13.4. The molecule has 1 heterocycles. The van der Waals surface area contributed by atoms with E-state index < -0.39 is 0 Å². The van der Waals surface area contributed by atoms with Crippen molar-refractivity contribution in [3.63, 3.8) is 0 Å². The van der Waals surface area contributed by atoms with Gasteiger partial charge in [0, 0.05) is 11.3 Å². The van der Waals surface area contributed by atoms with Crippen LogP contribution < -0.4 is 5.32 Å². The molecule has 1 aromatic heterocycles. The van der Waals surface area contributed by atoms with Crippen LogP contribution in [-0.4, -0.2) is 9.97 Å². The molecule has 0 spiro atoms. The average Bonchev–Trinajstić information content (AvgIpc) is 2.32. The predicted octanol–water partition coefficient (Wildman–Crippen LogP) is 3.94. The Bertz CT molecular complexity index is 599. The minimum Gasteiger partial charge on any atom is -0.337 e. The molecule has 0 saturated heterocycles. The lowest BCUT2D eigenvalue weighted by molar-refractivity contribution is 0.619. The Morgan fingerprint density at radius 2 is 1.78 bits per heavy atom. The fraction of sp³-hybridized carbons (Fsp3) is 0.231. The van der Waals surface area contributed by atoms with E-state index in [4.69, 9.17) is 11.6 Å². The number of anilines is 2. The van der Waals surface area contributed by atoms with Crippen LogP contribution in [0.15, 0.2) is 18.2 Å². The van der Waals surface area contributed by atoms with Gasteiger partial charge in [0.2, 0.25) is 0 Å². The smallest absolute Gasteiger partial charge is 0.172 e. The molecule has 5 heteroatoms. The number of benzene rings is 1. The highest BCUT2D eigenvalue weighted by molar-refractivity contribution is 6.31. The van der Waals surface area contributed by atoms with Crippen LogP contribution in [0.25, 0.3) is 0 Å². The van der Waals surface area contributed by atoms with Crippen molar-refractivity contribution in [1.82, 2.24) is 9.97 Å². The van der Waals surface area contributed by atoms with Crippen LogP contribution in [0.2, 0.25) is 5.15 Å². The first-order chi connectivity index (χ1) is 8.49. The van der Waals surface area contributed by atoms with Gasteiger partial charge in [-0.25, -0.2) is 14.4 Å². The molecule has 0 radical (unpaired) electrons. The molecule has 1 N–H and O–H groups in total. The van der Waals surface area contributed by atoms with Crippen molar-refractivity contribution in [3.05, 3.63) is 46.1 Å². The second kappa shape index (κ2) is 4.90. The molecule has 18 heavy (non-hydrogen) atoms. The molecule has 0 fully saturated rings. The van der Waals surface area contributed by atoms with E-state index in [9.17, 15) is 4.39 Å². The minimum atomic E-state index is -0.270. The fourth-order valence-corrected chi connectivity index (χ4v) is 1.74. The quantitative estimate of drug-likeness (QED) is 0.894. The summed E-state index contributed by atoms with van der Waals surface area (Å²) in [5.74, 6) is 0.168. The van der Waals surface area contributed by atoms with Crippen LogP contribution in [0.4, 0.5) is 15.9 Å². The zero-order valence-corrected chi connectivity index (χ0v) is 11.1. The third-order valence-electron chi connectivity index (χ3n) is 2.79. The largest absolute Gasteiger partial charge is 0.337 e. The minimum absolute atomic E-state index is 0.270. The van der Waals surface area contributed by atoms with E-state index in [1.54, 1.807) is 19.1 Å². The number of nitrogens with zero attached hydrogens (tertiary/aromatic N) is 2. The highest BCUT2D eigenvalue weighted by Crippen LogP contribution is 2.25. The summed E-state index contributed by atoms with van der Waals surface area (Å²) in [6.07, 6.45) is 0. The Hall–Kier alpha value is -1.68. The first-order valence-corrected chi connectivity index (χ1v) is 5.89. The third kappa shape index (κ3) is 2.43. The Balaban J connectivity index is 2.40. The second-order valence-corrected chi connectivity index (χ2v) is 4.43. The average molecular weight is 266 g/mol. The number of rotatable bonds is 2. The molecule has 2 rings (SSSR count). The molecule has 0 aliphatic rings. The summed E-state index contributed by atoms with van der Waals surface area (Å²) in [5, 5.41) is 3.28. The predicted molar refractivity (Wildman–Crippen MR) is 70.9 cm³/mol. The van der Waals surface area contributed by atoms with Gasteiger partial charge in [-0.15, -0.1) is 0 Å². The Morgan fingerprint density at radius 1 is 1.11 bits per heavy atom. The van der Waals surface area contributed by atoms with Crippen molar-refractivity contribution < 1.29 is 4.39 Å². The molecular formula is C13H13ClFN3. The summed E-state index contributed by atoms with van der Waals surface area (Å²) < 4.78 is 13.4. The number of hydrogen-bond donors (Lipinski definition) is 1. The van der Waals surface area contributed by atoms with E-state index in [0.717, 1.165) is 11.4 Å². The summed E-state index contributed by atoms with van der Waals surface area (Å²) >= 11 is 6.01. The SMILES string of the molecule is Cc1nc(Cl)c(Nc2cccc(F)c2C)nc1C. The van der Waals surface area contributed by atoms with Crippen molar-refractivity contribution in [2.24, 2.45) is 0 Å². The highest BCUT2D eigenvalue weighted by Gasteiger charge is 2.09. The monoisotopic (exact) mass is 265 g/mol. The molecule has 3 nitrogen and oxygen atoms in total. The molecule has 0 atom stereocenters. The van der Waals surface area contributed by atoms with Crippen LogP contribution in [0.5, 0.6) is 0 Å². The van der Waals surface area contributed by atoms with E-state index >= 15 is 0 Å². The molecule has 1 aromatic carbocycles. The highest BCUT2D eigenvalue weighted by atomic mass is 35.5. The molecule has 0 unspecified atom stereocenters. The summed E-state index contributed by atoms with van der Waals surface area (Å²) in [6.45, 7) is 5.38. The van der Waals surface area contributed by atoms with Gasteiger partial charge in [-0.3, -0.25) is 0 Å². The molecule has 0 amide bonds. The zero-order valence-electron chi connectivity index (χ0n) is 10.4. The third-order valence-corrected chi connectivity index (χ3v) is 3.05. The van der Waals surface area contributed by atoms with E-state index in [1.165, 1.54) is 6.07 Å². The Morgan fingerprint density at radius 3 is 2.50 bits per heavy atom. The van der Waals surface area contributed by atoms with Gasteiger partial charge in [0.25, 0.3) is 0 Å². The van der Waals surface area contributed by atoms with Crippen LogP contribution in [0.1, 0.15) is 17.0 Å². The van der Waals surface area contributed by atoms with Crippen LogP contribution in [-0.2, 0) is 0 Å². The van der Waals surface area contributed by atoms with Crippen LogP contribution >= 0.6 is 11.6 Å². The standard InChI is InChI=1S/C13H13ClFN3/c1-7-10(15)5-4-6-11(7)18-13-12(14)16-8(2)9(3)17-13/h4-6H,1-3H3,(H,17,18). The van der Waals surface area contributed by atoms with Gasteiger partial charge in [0.15, 0.2) is 11.0 Å². The normalized spacial score (nSPS) is 10.5. The van der Waals surface area contributed by atoms with Crippen LogP contribution in [0.3, 0.4) is 0 Å². The first kappa shape index (κ1) is 12.8. The number of nitrogens with one attached hydrogen (secondary N) is 1. The molecule has 0 aliphatic carbocycles. The zero-order chi connectivity index (χ0) is 13.3. The van der Waals surface area contributed by atoms with Gasteiger partial charge in [0.05, 0.1) is 11.4 Å². The van der Waals surface area contributed by atoms with Gasteiger partial charge in [-0.2, -0.15) is 0 Å². The van der Waals surface area contributed by atoms with Crippen molar-refractivity contribution in [2.45, 2.75) is 20.8 Å². The molecular weight excluding hydrogens is 253 g/mol. The van der Waals surface area contributed by atoms with Gasteiger partial charge in [-0.05, 0) is 32.9 Å². The number of halogens is 2. The summed E-state index contributed by atoms with van der Waals surface area (Å²) in [6, 6.07) is 4.81. The molecule has 94 valence electrons. The van der Waals surface area contributed by atoms with Crippen molar-refractivity contribution in [1.29, 1.82) is 0 Å². The van der Waals surface area contributed by atoms with Crippen molar-refractivity contribution >= 4 is 23.1 Å². The Labute approximate surface area is 110 Å². The van der Waals surface area contributed by atoms with Gasteiger partial charge < -0.3 is 5.32 Å². The van der Waals surface area contributed by atoms with Gasteiger partial charge in [-0.1, -0.05) is 17.7 Å². The van der Waals surface area contributed by atoms with E-state index in [2.05, 4.69) is 15.3 Å². The molecule has 2 aromatic rings. The van der Waals surface area contributed by atoms with Crippen molar-refractivity contribution in [2.75, 3.05) is 5.32 Å². The van der Waals surface area contributed by atoms with Crippen molar-refractivity contribution in [3.8, 4) is 0 Å². The maximum absolute atomic E-state index is 13.4.